The van der Waals surface area contributed by atoms with Gasteiger partial charge < -0.3 is 0 Å². The van der Waals surface area contributed by atoms with Crippen LogP contribution in [-0.4, -0.2) is 0 Å². The highest BCUT2D eigenvalue weighted by Gasteiger charge is 2.19. The van der Waals surface area contributed by atoms with Crippen LogP contribution in [0.3, 0.4) is 0 Å². The average Bonchev–Trinajstić information content (AvgIpc) is 2.71. The summed E-state index contributed by atoms with van der Waals surface area (Å²) in [6.45, 7) is 9.41. The van der Waals surface area contributed by atoms with Gasteiger partial charge in [-0.15, -0.1) is 0 Å². The van der Waals surface area contributed by atoms with Crippen LogP contribution in [0.1, 0.15) is 169 Å². The van der Waals surface area contributed by atoms with Gasteiger partial charge in [0.15, 0.2) is 0 Å². The van der Waals surface area contributed by atoms with Gasteiger partial charge in [-0.2, -0.15) is 0 Å². The Hall–Kier alpha value is 0. The van der Waals surface area contributed by atoms with Gasteiger partial charge in [-0.05, 0) is 11.8 Å². The van der Waals surface area contributed by atoms with Crippen molar-refractivity contribution >= 4 is 0 Å². The Kier molecular flexibility index (Phi) is 23.3. The van der Waals surface area contributed by atoms with Gasteiger partial charge in [-0.3, -0.25) is 0 Å². The predicted molar refractivity (Wildman–Crippen MR) is 131 cm³/mol. The van der Waals surface area contributed by atoms with E-state index in [1.807, 2.05) is 0 Å². The molecule has 0 aromatic carbocycles. The SMILES string of the molecule is CCCCCCCCCCCCCCC(CCCC)C(CCCC)CCCC. The van der Waals surface area contributed by atoms with Gasteiger partial charge in [0.1, 0.15) is 0 Å². The van der Waals surface area contributed by atoms with E-state index in [2.05, 4.69) is 27.7 Å². The number of hydrogen-bond donors (Lipinski definition) is 0. The minimum atomic E-state index is 1.03. The van der Waals surface area contributed by atoms with Crippen LogP contribution < -0.4 is 0 Å². The molecule has 170 valence electrons. The molecular weight excluding hydrogens is 336 g/mol. The van der Waals surface area contributed by atoms with Gasteiger partial charge in [0.2, 0.25) is 0 Å². The molecule has 0 fully saturated rings. The zero-order valence-corrected chi connectivity index (χ0v) is 20.7. The van der Waals surface area contributed by atoms with Crippen LogP contribution in [0, 0.1) is 11.8 Å². The highest BCUT2D eigenvalue weighted by molar-refractivity contribution is 4.71. The zero-order chi connectivity index (χ0) is 20.7. The molecule has 0 heteroatoms. The van der Waals surface area contributed by atoms with Gasteiger partial charge >= 0.3 is 0 Å². The molecule has 1 atom stereocenters. The Labute approximate surface area is 181 Å². The highest BCUT2D eigenvalue weighted by atomic mass is 14.3. The van der Waals surface area contributed by atoms with E-state index in [0.29, 0.717) is 0 Å². The van der Waals surface area contributed by atoms with Crippen LogP contribution in [0.25, 0.3) is 0 Å². The molecule has 0 aliphatic heterocycles. The molecule has 0 amide bonds. The van der Waals surface area contributed by atoms with Crippen LogP contribution in [0.15, 0.2) is 0 Å². The third kappa shape index (κ3) is 18.1. The number of unbranched alkanes of at least 4 members (excludes halogenated alkanes) is 14. The largest absolute Gasteiger partial charge is 0.0654 e. The van der Waals surface area contributed by atoms with Crippen molar-refractivity contribution in [1.29, 1.82) is 0 Å². The van der Waals surface area contributed by atoms with Crippen LogP contribution in [0.2, 0.25) is 0 Å². The molecule has 0 heterocycles. The molecule has 0 rings (SSSR count). The Bertz CT molecular complexity index is 261. The van der Waals surface area contributed by atoms with Gasteiger partial charge in [0.05, 0.1) is 0 Å². The molecule has 0 saturated heterocycles. The molecule has 0 aliphatic carbocycles. The summed E-state index contributed by atoms with van der Waals surface area (Å²) in [5, 5.41) is 0. The van der Waals surface area contributed by atoms with Crippen LogP contribution in [-0.2, 0) is 0 Å². The lowest BCUT2D eigenvalue weighted by Gasteiger charge is -2.27. The van der Waals surface area contributed by atoms with Crippen molar-refractivity contribution in [2.45, 2.75) is 169 Å². The number of rotatable bonds is 23. The second-order valence-corrected chi connectivity index (χ2v) is 9.62. The van der Waals surface area contributed by atoms with Crippen molar-refractivity contribution in [1.82, 2.24) is 0 Å². The van der Waals surface area contributed by atoms with E-state index in [1.54, 1.807) is 0 Å². The van der Waals surface area contributed by atoms with E-state index in [-0.39, 0.29) is 0 Å². The fourth-order valence-electron chi connectivity index (χ4n) is 4.88. The lowest BCUT2D eigenvalue weighted by atomic mass is 9.78. The maximum Gasteiger partial charge on any atom is -0.0386 e. The molecule has 1 unspecified atom stereocenters. The molecule has 28 heavy (non-hydrogen) atoms. The van der Waals surface area contributed by atoms with E-state index in [1.165, 1.54) is 141 Å². The molecule has 0 spiro atoms. The Morgan fingerprint density at radius 3 is 0.857 bits per heavy atom. The van der Waals surface area contributed by atoms with Crippen LogP contribution >= 0.6 is 0 Å². The van der Waals surface area contributed by atoms with E-state index >= 15 is 0 Å². The summed E-state index contributed by atoms with van der Waals surface area (Å²) >= 11 is 0. The maximum atomic E-state index is 2.37. The summed E-state index contributed by atoms with van der Waals surface area (Å²) < 4.78 is 0. The first kappa shape index (κ1) is 28.0. The molecule has 0 N–H and O–H groups in total. The summed E-state index contributed by atoms with van der Waals surface area (Å²) in [5.41, 5.74) is 0. The summed E-state index contributed by atoms with van der Waals surface area (Å²) in [6, 6.07) is 0. The van der Waals surface area contributed by atoms with Crippen molar-refractivity contribution < 1.29 is 0 Å². The van der Waals surface area contributed by atoms with Gasteiger partial charge in [-0.1, -0.05) is 169 Å². The summed E-state index contributed by atoms with van der Waals surface area (Å²) in [5.74, 6) is 2.06. The Morgan fingerprint density at radius 1 is 0.286 bits per heavy atom. The van der Waals surface area contributed by atoms with Crippen molar-refractivity contribution in [3.8, 4) is 0 Å². The van der Waals surface area contributed by atoms with E-state index in [9.17, 15) is 0 Å². The van der Waals surface area contributed by atoms with Crippen molar-refractivity contribution in [3.63, 3.8) is 0 Å². The Balaban J connectivity index is 3.88. The maximum absolute atomic E-state index is 2.37. The fraction of sp³-hybridized carbons (Fsp3) is 1.00. The smallest absolute Gasteiger partial charge is 0.0386 e. The van der Waals surface area contributed by atoms with E-state index in [0.717, 1.165) is 11.8 Å². The highest BCUT2D eigenvalue weighted by Crippen LogP contribution is 2.32. The summed E-state index contributed by atoms with van der Waals surface area (Å²) in [7, 11) is 0. The van der Waals surface area contributed by atoms with Gasteiger partial charge in [0.25, 0.3) is 0 Å². The first-order valence-corrected chi connectivity index (χ1v) is 13.8. The quantitative estimate of drug-likeness (QED) is 0.151. The second-order valence-electron chi connectivity index (χ2n) is 9.62. The normalized spacial score (nSPS) is 12.8. The third-order valence-corrected chi connectivity index (χ3v) is 6.88. The van der Waals surface area contributed by atoms with E-state index in [4.69, 9.17) is 0 Å². The van der Waals surface area contributed by atoms with Gasteiger partial charge in [-0.25, -0.2) is 0 Å². The average molecular weight is 395 g/mol. The molecule has 0 nitrogen and oxygen atoms in total. The lowest BCUT2D eigenvalue weighted by Crippen LogP contribution is -2.16. The minimum Gasteiger partial charge on any atom is -0.0654 e. The first-order chi connectivity index (χ1) is 13.8. The standard InChI is InChI=1S/C28H58/c1-5-9-13-14-15-16-17-18-19-20-21-22-26-28(25-12-8-4)27(23-10-6-2)24-11-7-3/h27-28H,5-26H2,1-4H3. The van der Waals surface area contributed by atoms with Crippen LogP contribution in [0.5, 0.6) is 0 Å². The van der Waals surface area contributed by atoms with Gasteiger partial charge in [0, 0.05) is 0 Å². The lowest BCUT2D eigenvalue weighted by molar-refractivity contribution is 0.241. The van der Waals surface area contributed by atoms with Crippen LogP contribution in [0.4, 0.5) is 0 Å². The number of hydrogen-bond acceptors (Lipinski definition) is 0. The fourth-order valence-corrected chi connectivity index (χ4v) is 4.88. The second kappa shape index (κ2) is 23.3. The predicted octanol–water partition coefficient (Wildman–Crippen LogP) is 10.9. The molecule has 0 aliphatic rings. The zero-order valence-electron chi connectivity index (χ0n) is 20.7. The first-order valence-electron chi connectivity index (χ1n) is 13.8. The molecule has 0 radical (unpaired) electrons. The molecule has 0 aromatic heterocycles. The monoisotopic (exact) mass is 394 g/mol. The van der Waals surface area contributed by atoms with Crippen molar-refractivity contribution in [3.05, 3.63) is 0 Å². The molecule has 0 aromatic rings. The van der Waals surface area contributed by atoms with Crippen molar-refractivity contribution in [2.24, 2.45) is 11.8 Å². The topological polar surface area (TPSA) is 0 Å². The van der Waals surface area contributed by atoms with E-state index < -0.39 is 0 Å². The molecule has 0 bridgehead atoms. The Morgan fingerprint density at radius 2 is 0.536 bits per heavy atom. The third-order valence-electron chi connectivity index (χ3n) is 6.88. The minimum absolute atomic E-state index is 1.03. The molecule has 0 saturated carbocycles. The van der Waals surface area contributed by atoms with Crippen molar-refractivity contribution in [2.75, 3.05) is 0 Å². The summed E-state index contributed by atoms with van der Waals surface area (Å²) in [4.78, 5) is 0. The summed E-state index contributed by atoms with van der Waals surface area (Å²) in [6.07, 6.45) is 32.2. The molecular formula is C28H58.